The number of hydrogen-bond acceptors (Lipinski definition) is 4. The van der Waals surface area contributed by atoms with Gasteiger partial charge in [-0.3, -0.25) is 0 Å². The van der Waals surface area contributed by atoms with Gasteiger partial charge in [0.15, 0.2) is 0 Å². The molecular formula is C15H19NO3S. The van der Waals surface area contributed by atoms with Gasteiger partial charge in [0.1, 0.15) is 16.9 Å². The second-order valence-electron chi connectivity index (χ2n) is 4.89. The fraction of sp³-hybridized carbons (Fsp3) is 0.400. The summed E-state index contributed by atoms with van der Waals surface area (Å²) < 4.78 is 5.65. The molecule has 1 heterocycles. The van der Waals surface area contributed by atoms with E-state index in [-0.39, 0.29) is 5.56 Å². The van der Waals surface area contributed by atoms with Crippen molar-refractivity contribution in [3.63, 3.8) is 0 Å². The van der Waals surface area contributed by atoms with Crippen LogP contribution in [0.1, 0.15) is 23.0 Å². The molecule has 1 aromatic carbocycles. The Bertz CT molecular complexity index is 594. The van der Waals surface area contributed by atoms with E-state index in [1.165, 1.54) is 0 Å². The number of fused-ring (bicyclic) bond motifs is 1. The van der Waals surface area contributed by atoms with Gasteiger partial charge in [0.25, 0.3) is 0 Å². The summed E-state index contributed by atoms with van der Waals surface area (Å²) in [5.41, 5.74) is 0.893. The lowest BCUT2D eigenvalue weighted by molar-refractivity contribution is 0.0696. The average molecular weight is 293 g/mol. The molecule has 4 nitrogen and oxygen atoms in total. The van der Waals surface area contributed by atoms with Gasteiger partial charge in [0.2, 0.25) is 0 Å². The van der Waals surface area contributed by atoms with E-state index in [0.717, 1.165) is 12.3 Å². The van der Waals surface area contributed by atoms with E-state index >= 15 is 0 Å². The molecule has 0 aliphatic heterocycles. The van der Waals surface area contributed by atoms with E-state index in [9.17, 15) is 9.90 Å². The Labute approximate surface area is 122 Å². The van der Waals surface area contributed by atoms with Crippen LogP contribution in [0.15, 0.2) is 28.7 Å². The highest BCUT2D eigenvalue weighted by molar-refractivity contribution is 7.98. The molecule has 0 bridgehead atoms. The highest BCUT2D eigenvalue weighted by atomic mass is 32.2. The third-order valence-corrected chi connectivity index (χ3v) is 4.01. The van der Waals surface area contributed by atoms with Gasteiger partial charge in [-0.2, -0.15) is 11.8 Å². The Hall–Kier alpha value is -1.46. The number of nitrogens with one attached hydrogen (secondary N) is 1. The van der Waals surface area contributed by atoms with Crippen LogP contribution in [0, 0.1) is 5.92 Å². The maximum Gasteiger partial charge on any atom is 0.339 e. The van der Waals surface area contributed by atoms with E-state index in [0.29, 0.717) is 29.2 Å². The van der Waals surface area contributed by atoms with Crippen LogP contribution in [0.4, 0.5) is 0 Å². The number of thioether (sulfide) groups is 1. The summed E-state index contributed by atoms with van der Waals surface area (Å²) in [4.78, 5) is 11.4. The van der Waals surface area contributed by atoms with Crippen molar-refractivity contribution in [2.45, 2.75) is 13.5 Å². The molecule has 0 saturated carbocycles. The highest BCUT2D eigenvalue weighted by Gasteiger charge is 2.19. The van der Waals surface area contributed by atoms with Crippen LogP contribution in [0.5, 0.6) is 0 Å². The van der Waals surface area contributed by atoms with Crippen molar-refractivity contribution >= 4 is 28.7 Å². The summed E-state index contributed by atoms with van der Waals surface area (Å²) in [6.45, 7) is 3.45. The molecule has 108 valence electrons. The van der Waals surface area contributed by atoms with Crippen LogP contribution in [0.25, 0.3) is 11.0 Å². The van der Waals surface area contributed by atoms with E-state index in [1.54, 1.807) is 12.1 Å². The predicted octanol–water partition coefficient (Wildman–Crippen LogP) is 3.22. The maximum absolute atomic E-state index is 11.4. The number of hydrogen-bond donors (Lipinski definition) is 2. The Morgan fingerprint density at radius 2 is 2.20 bits per heavy atom. The van der Waals surface area contributed by atoms with Crippen LogP contribution < -0.4 is 5.32 Å². The average Bonchev–Trinajstić information content (AvgIpc) is 2.77. The number of rotatable bonds is 7. The molecule has 0 amide bonds. The zero-order valence-corrected chi connectivity index (χ0v) is 12.5. The summed E-state index contributed by atoms with van der Waals surface area (Å²) in [6, 6.07) is 7.24. The standard InChI is InChI=1S/C15H19NO3S/c1-10(9-20-2)7-16-8-13-14(15(17)18)11-5-3-4-6-12(11)19-13/h3-6,10,16H,7-9H2,1-2H3,(H,17,18). The molecule has 1 unspecified atom stereocenters. The summed E-state index contributed by atoms with van der Waals surface area (Å²) in [6.07, 6.45) is 2.08. The lowest BCUT2D eigenvalue weighted by Crippen LogP contribution is -2.22. The first-order valence-electron chi connectivity index (χ1n) is 6.56. The van der Waals surface area contributed by atoms with E-state index in [1.807, 2.05) is 23.9 Å². The van der Waals surface area contributed by atoms with Crippen LogP contribution in [-0.2, 0) is 6.54 Å². The van der Waals surface area contributed by atoms with Crippen LogP contribution in [-0.4, -0.2) is 29.6 Å². The van der Waals surface area contributed by atoms with Gasteiger partial charge in [0, 0.05) is 5.39 Å². The van der Waals surface area contributed by atoms with Crippen LogP contribution in [0.3, 0.4) is 0 Å². The Morgan fingerprint density at radius 1 is 1.45 bits per heavy atom. The Kier molecular flexibility index (Phi) is 5.09. The molecule has 1 aromatic heterocycles. The van der Waals surface area contributed by atoms with E-state index in [2.05, 4.69) is 18.5 Å². The van der Waals surface area contributed by atoms with Crippen molar-refractivity contribution in [2.24, 2.45) is 5.92 Å². The normalized spacial score (nSPS) is 12.7. The van der Waals surface area contributed by atoms with Gasteiger partial charge >= 0.3 is 5.97 Å². The van der Waals surface area contributed by atoms with Gasteiger partial charge < -0.3 is 14.8 Å². The molecule has 5 heteroatoms. The van der Waals surface area contributed by atoms with E-state index < -0.39 is 5.97 Å². The molecule has 0 aliphatic carbocycles. The first-order valence-corrected chi connectivity index (χ1v) is 7.96. The number of furan rings is 1. The summed E-state index contributed by atoms with van der Waals surface area (Å²) in [5.74, 6) is 1.18. The molecule has 0 aliphatic rings. The first kappa shape index (κ1) is 14.9. The molecule has 2 rings (SSSR count). The quantitative estimate of drug-likeness (QED) is 0.820. The van der Waals surface area contributed by atoms with E-state index in [4.69, 9.17) is 4.42 Å². The topological polar surface area (TPSA) is 62.5 Å². The van der Waals surface area contributed by atoms with Crippen LogP contribution >= 0.6 is 11.8 Å². The van der Waals surface area contributed by atoms with Crippen LogP contribution in [0.2, 0.25) is 0 Å². The third kappa shape index (κ3) is 3.35. The Morgan fingerprint density at radius 3 is 2.90 bits per heavy atom. The largest absolute Gasteiger partial charge is 0.478 e. The van der Waals surface area contributed by atoms with Gasteiger partial charge in [-0.1, -0.05) is 25.1 Å². The molecule has 2 aromatic rings. The smallest absolute Gasteiger partial charge is 0.339 e. The second-order valence-corrected chi connectivity index (χ2v) is 5.80. The minimum absolute atomic E-state index is 0.269. The SMILES string of the molecule is CSCC(C)CNCc1oc2ccccc2c1C(=O)O. The van der Waals surface area contributed by atoms with Gasteiger partial charge in [0.05, 0.1) is 6.54 Å². The first-order chi connectivity index (χ1) is 9.63. The molecule has 0 fully saturated rings. The van der Waals surface area contributed by atoms with Crippen molar-refractivity contribution in [2.75, 3.05) is 18.6 Å². The minimum Gasteiger partial charge on any atom is -0.478 e. The van der Waals surface area contributed by atoms with Crippen molar-refractivity contribution in [3.05, 3.63) is 35.6 Å². The van der Waals surface area contributed by atoms with Crippen molar-refractivity contribution < 1.29 is 14.3 Å². The number of para-hydroxylation sites is 1. The molecule has 0 saturated heterocycles. The minimum atomic E-state index is -0.941. The lowest BCUT2D eigenvalue weighted by atomic mass is 10.1. The highest BCUT2D eigenvalue weighted by Crippen LogP contribution is 2.25. The Balaban J connectivity index is 2.13. The second kappa shape index (κ2) is 6.81. The number of carboxylic acids is 1. The molecular weight excluding hydrogens is 274 g/mol. The summed E-state index contributed by atoms with van der Waals surface area (Å²) in [5, 5.41) is 13.3. The zero-order chi connectivity index (χ0) is 14.5. The number of carbonyl (C=O) groups is 1. The predicted molar refractivity (Wildman–Crippen MR) is 82.4 cm³/mol. The number of benzene rings is 1. The molecule has 0 radical (unpaired) electrons. The number of aromatic carboxylic acids is 1. The van der Waals surface area contributed by atoms with Gasteiger partial charge in [-0.25, -0.2) is 4.79 Å². The fourth-order valence-electron chi connectivity index (χ4n) is 2.23. The molecule has 1 atom stereocenters. The monoisotopic (exact) mass is 293 g/mol. The fourth-order valence-corrected chi connectivity index (χ4v) is 2.92. The summed E-state index contributed by atoms with van der Waals surface area (Å²) in [7, 11) is 0. The van der Waals surface area contributed by atoms with Crippen molar-refractivity contribution in [1.29, 1.82) is 0 Å². The molecule has 2 N–H and O–H groups in total. The maximum atomic E-state index is 11.4. The van der Waals surface area contributed by atoms with Gasteiger partial charge in [-0.15, -0.1) is 0 Å². The summed E-state index contributed by atoms with van der Waals surface area (Å²) >= 11 is 1.81. The zero-order valence-electron chi connectivity index (χ0n) is 11.7. The van der Waals surface area contributed by atoms with Gasteiger partial charge in [-0.05, 0) is 30.5 Å². The molecule has 20 heavy (non-hydrogen) atoms. The third-order valence-electron chi connectivity index (χ3n) is 3.11. The van der Waals surface area contributed by atoms with Crippen molar-refractivity contribution in [1.82, 2.24) is 5.32 Å². The molecule has 0 spiro atoms. The number of carboxylic acid groups (broad SMARTS) is 1. The van der Waals surface area contributed by atoms with Crippen molar-refractivity contribution in [3.8, 4) is 0 Å². The lowest BCUT2D eigenvalue weighted by Gasteiger charge is -2.10.